The number of imide groups is 2. The lowest BCUT2D eigenvalue weighted by Crippen LogP contribution is -2.51. The molecule has 1 fully saturated rings. The molecule has 0 saturated carbocycles. The van der Waals surface area contributed by atoms with Crippen LogP contribution in [0.5, 0.6) is 17.2 Å². The van der Waals surface area contributed by atoms with E-state index in [4.69, 9.17) is 18.9 Å². The molecule has 6 rings (SSSR count). The number of benzene rings is 1. The van der Waals surface area contributed by atoms with E-state index in [2.05, 4.69) is 55.7 Å². The molecule has 0 spiro atoms. The van der Waals surface area contributed by atoms with Crippen molar-refractivity contribution in [1.82, 2.24) is 10.6 Å². The van der Waals surface area contributed by atoms with Crippen LogP contribution in [-0.2, 0) is 20.9 Å². The number of thiophene rings is 4. The van der Waals surface area contributed by atoms with Gasteiger partial charge in [0, 0.05) is 34.1 Å². The molecule has 1 saturated heterocycles. The lowest BCUT2D eigenvalue weighted by molar-refractivity contribution is -0.123. The predicted octanol–water partition coefficient (Wildman–Crippen LogP) is 19.9. The number of ether oxygens (including phenoxy) is 4. The predicted molar refractivity (Wildman–Crippen MR) is 331 cm³/mol. The quantitative estimate of drug-likeness (QED) is 0.0171. The van der Waals surface area contributed by atoms with E-state index in [1.165, 1.54) is 183 Å². The molecule has 0 atom stereocenters. The highest BCUT2D eigenvalue weighted by molar-refractivity contribution is 7.28. The summed E-state index contributed by atoms with van der Waals surface area (Å²) in [5.74, 6) is 0.195. The van der Waals surface area contributed by atoms with Gasteiger partial charge in [0.1, 0.15) is 17.1 Å². The van der Waals surface area contributed by atoms with Gasteiger partial charge in [0.2, 0.25) is 5.75 Å². The average Bonchev–Trinajstić information content (AvgIpc) is 4.31. The smallest absolute Gasteiger partial charge is 0.348 e. The van der Waals surface area contributed by atoms with Gasteiger partial charge in [-0.3, -0.25) is 20.2 Å². The Morgan fingerprint density at radius 3 is 1.22 bits per heavy atom. The molecule has 0 bridgehead atoms. The van der Waals surface area contributed by atoms with E-state index < -0.39 is 17.8 Å². The van der Waals surface area contributed by atoms with Crippen molar-refractivity contribution in [3.8, 4) is 46.5 Å². The van der Waals surface area contributed by atoms with E-state index in [9.17, 15) is 19.2 Å². The van der Waals surface area contributed by atoms with Crippen LogP contribution in [0.4, 0.5) is 4.79 Å². The van der Waals surface area contributed by atoms with E-state index in [1.807, 2.05) is 36.4 Å². The van der Waals surface area contributed by atoms with Crippen LogP contribution in [0.25, 0.3) is 35.3 Å². The molecule has 79 heavy (non-hydrogen) atoms. The average molecular weight is 1160 g/mol. The zero-order valence-electron chi connectivity index (χ0n) is 47.8. The van der Waals surface area contributed by atoms with Gasteiger partial charge >= 0.3 is 12.0 Å². The summed E-state index contributed by atoms with van der Waals surface area (Å²) in [5, 5.41) is 4.23. The number of carbonyl (C=O) groups excluding carboxylic acids is 4. The van der Waals surface area contributed by atoms with E-state index in [0.29, 0.717) is 41.9 Å². The second-order valence-electron chi connectivity index (χ2n) is 21.1. The lowest BCUT2D eigenvalue weighted by atomic mass is 10.1. The third-order valence-electron chi connectivity index (χ3n) is 14.3. The van der Waals surface area contributed by atoms with Gasteiger partial charge in [-0.1, -0.05) is 194 Å². The molecular formula is C65H90N2O8S4. The molecule has 2 N–H and O–H groups in total. The van der Waals surface area contributed by atoms with Gasteiger partial charge < -0.3 is 18.9 Å². The minimum atomic E-state index is -0.819. The minimum absolute atomic E-state index is 0.0761. The summed E-state index contributed by atoms with van der Waals surface area (Å²) < 4.78 is 25.9. The van der Waals surface area contributed by atoms with Crippen LogP contribution < -0.4 is 24.8 Å². The molecule has 432 valence electrons. The molecule has 5 heterocycles. The minimum Gasteiger partial charge on any atom is -0.490 e. The van der Waals surface area contributed by atoms with Crippen molar-refractivity contribution in [3.05, 3.63) is 81.6 Å². The molecule has 4 aromatic heterocycles. The number of hydrogen-bond acceptors (Lipinski definition) is 12. The Balaban J connectivity index is 1.08. The Labute approximate surface area is 488 Å². The largest absolute Gasteiger partial charge is 0.490 e. The van der Waals surface area contributed by atoms with Crippen LogP contribution in [0, 0.1) is 0 Å². The Kier molecular flexibility index (Phi) is 29.9. The number of barbiturate groups is 1. The Bertz CT molecular complexity index is 2540. The number of hydrogen-bond donors (Lipinski definition) is 2. The summed E-state index contributed by atoms with van der Waals surface area (Å²) in [7, 11) is 0. The van der Waals surface area contributed by atoms with Crippen LogP contribution in [0.3, 0.4) is 0 Å². The molecule has 1 aliphatic heterocycles. The third kappa shape index (κ3) is 23.0. The first-order valence-corrected chi connectivity index (χ1v) is 33.5. The first-order chi connectivity index (χ1) is 38.8. The molecule has 0 unspecified atom stereocenters. The summed E-state index contributed by atoms with van der Waals surface area (Å²) in [5.41, 5.74) is 0.701. The first-order valence-electron chi connectivity index (χ1n) is 30.3. The van der Waals surface area contributed by atoms with Gasteiger partial charge in [-0.25, -0.2) is 9.59 Å². The van der Waals surface area contributed by atoms with Crippen molar-refractivity contribution in [1.29, 1.82) is 0 Å². The monoisotopic (exact) mass is 1150 g/mol. The highest BCUT2D eigenvalue weighted by Crippen LogP contribution is 2.44. The van der Waals surface area contributed by atoms with Gasteiger partial charge in [-0.05, 0) is 91.6 Å². The third-order valence-corrected chi connectivity index (χ3v) is 19.2. The Morgan fingerprint density at radius 2 is 0.785 bits per heavy atom. The Hall–Kier alpha value is -4.76. The normalized spacial score (nSPS) is 12.5. The van der Waals surface area contributed by atoms with Gasteiger partial charge in [-0.15, -0.1) is 45.3 Å². The molecule has 0 radical (unpaired) electrons. The number of amides is 4. The van der Waals surface area contributed by atoms with Crippen LogP contribution in [0.15, 0.2) is 66.2 Å². The van der Waals surface area contributed by atoms with E-state index in [0.717, 1.165) is 78.2 Å². The summed E-state index contributed by atoms with van der Waals surface area (Å²) in [4.78, 5) is 57.3. The number of rotatable bonds is 43. The van der Waals surface area contributed by atoms with Crippen molar-refractivity contribution in [2.75, 3.05) is 19.8 Å². The SMILES string of the molecule is CCCCCCCCCCCCOc1cc(COC(=O)c2ccc(-c3ccc(-c4ccc(-c5ccc(C=C6C(=O)NC(=O)NC6=O)s5)s4)s3)s2)cc(OCCCCCCCCCCCC)c1OCCCCCCCCCCCC. The fourth-order valence-corrected chi connectivity index (χ4v) is 13.8. The van der Waals surface area contributed by atoms with Crippen molar-refractivity contribution in [2.24, 2.45) is 0 Å². The maximum atomic E-state index is 13.8. The molecular weight excluding hydrogens is 1060 g/mol. The van der Waals surface area contributed by atoms with Crippen LogP contribution in [0.1, 0.15) is 234 Å². The maximum Gasteiger partial charge on any atom is 0.348 e. The zero-order chi connectivity index (χ0) is 55.7. The number of nitrogens with one attached hydrogen (secondary N) is 2. The number of carbonyl (C=O) groups is 4. The summed E-state index contributed by atoms with van der Waals surface area (Å²) in [6.07, 6.45) is 39.2. The molecule has 4 amide bonds. The summed E-state index contributed by atoms with van der Waals surface area (Å²) >= 11 is 6.21. The van der Waals surface area contributed by atoms with Gasteiger partial charge in [-0.2, -0.15) is 0 Å². The second-order valence-corrected chi connectivity index (χ2v) is 25.4. The highest BCUT2D eigenvalue weighted by atomic mass is 32.1. The Morgan fingerprint density at radius 1 is 0.430 bits per heavy atom. The van der Waals surface area contributed by atoms with E-state index in [-0.39, 0.29) is 18.1 Å². The molecule has 1 aliphatic rings. The van der Waals surface area contributed by atoms with Crippen LogP contribution in [-0.4, -0.2) is 43.6 Å². The summed E-state index contributed by atoms with van der Waals surface area (Å²) in [6.45, 7) is 8.67. The van der Waals surface area contributed by atoms with E-state index in [1.54, 1.807) is 22.7 Å². The zero-order valence-corrected chi connectivity index (χ0v) is 51.1. The van der Waals surface area contributed by atoms with Gasteiger partial charge in [0.15, 0.2) is 11.5 Å². The van der Waals surface area contributed by atoms with Crippen molar-refractivity contribution in [3.63, 3.8) is 0 Å². The standard InChI is InChI=1S/C65H90N2O8S4/c1-4-7-10-13-16-19-22-25-28-31-42-72-52-45-49(46-53(73-43-32-29-26-23-20-17-14-11-8-5-2)61(52)74-44-33-30-27-24-21-18-15-12-9-6-3)48-75-64(70)60-41-40-59(79-60)58-39-38-57(78-58)56-37-36-55(77-56)54-35-34-50(76-54)47-51-62(68)66-65(71)67-63(51)69/h34-41,45-47H,4-33,42-44,48H2,1-3H3,(H2,66,67,68,69,71). The molecule has 0 aliphatic carbocycles. The van der Waals surface area contributed by atoms with Gasteiger partial charge in [0.25, 0.3) is 11.8 Å². The fraction of sp³-hybridized carbons (Fsp3) is 0.569. The van der Waals surface area contributed by atoms with Crippen molar-refractivity contribution < 1.29 is 38.1 Å². The number of esters is 1. The fourth-order valence-electron chi connectivity index (χ4n) is 9.69. The number of unbranched alkanes of at least 4 members (excludes halogenated alkanes) is 27. The second kappa shape index (κ2) is 37.3. The maximum absolute atomic E-state index is 13.8. The van der Waals surface area contributed by atoms with Crippen LogP contribution in [0.2, 0.25) is 0 Å². The van der Waals surface area contributed by atoms with Crippen LogP contribution >= 0.6 is 45.3 Å². The summed E-state index contributed by atoms with van der Waals surface area (Å²) in [6, 6.07) is 19.2. The number of urea groups is 1. The van der Waals surface area contributed by atoms with E-state index >= 15 is 0 Å². The lowest BCUT2D eigenvalue weighted by Gasteiger charge is -2.19. The van der Waals surface area contributed by atoms with Gasteiger partial charge in [0.05, 0.1) is 19.8 Å². The molecule has 14 heteroatoms. The highest BCUT2D eigenvalue weighted by Gasteiger charge is 2.28. The van der Waals surface area contributed by atoms with Crippen molar-refractivity contribution >= 4 is 75.2 Å². The molecule has 1 aromatic carbocycles. The molecule has 5 aromatic rings. The molecule has 10 nitrogen and oxygen atoms in total. The first kappa shape index (κ1) is 63.4. The topological polar surface area (TPSA) is 129 Å². The van der Waals surface area contributed by atoms with Crippen molar-refractivity contribution in [2.45, 2.75) is 220 Å².